The molecule has 0 aromatic heterocycles. The van der Waals surface area contributed by atoms with E-state index in [4.69, 9.17) is 19.3 Å². The van der Waals surface area contributed by atoms with Crippen molar-refractivity contribution >= 4 is 5.97 Å². The van der Waals surface area contributed by atoms with Crippen molar-refractivity contribution in [3.63, 3.8) is 0 Å². The van der Waals surface area contributed by atoms with Gasteiger partial charge in [-0.15, -0.1) is 0 Å². The van der Waals surface area contributed by atoms with Gasteiger partial charge in [0.2, 0.25) is 0 Å². The number of aromatic carboxylic acids is 1. The molecule has 0 atom stereocenters. The lowest BCUT2D eigenvalue weighted by Crippen LogP contribution is -2.30. The van der Waals surface area contributed by atoms with E-state index in [-0.39, 0.29) is 11.5 Å². The first-order valence-electron chi connectivity index (χ1n) is 6.56. The normalized spacial score (nSPS) is 22.2. The Hall–Kier alpha value is -1.57. The molecule has 0 amide bonds. The van der Waals surface area contributed by atoms with E-state index in [0.717, 1.165) is 12.1 Å². The molecule has 1 heterocycles. The standard InChI is InChI=1S/C14H16F2O5/c1-2-19-5-8-6-20-14(21-7-8)9-3-10(15)12(13(17)18)11(16)4-9/h3-4,8,14H,2,5-7H2,1H3,(H,17,18). The maximum Gasteiger partial charge on any atom is 0.341 e. The van der Waals surface area contributed by atoms with Crippen molar-refractivity contribution in [1.82, 2.24) is 0 Å². The lowest BCUT2D eigenvalue weighted by molar-refractivity contribution is -0.212. The van der Waals surface area contributed by atoms with Crippen molar-refractivity contribution in [2.75, 3.05) is 26.4 Å². The number of rotatable bonds is 5. The van der Waals surface area contributed by atoms with Gasteiger partial charge in [0.05, 0.1) is 19.8 Å². The van der Waals surface area contributed by atoms with Crippen molar-refractivity contribution in [3.8, 4) is 0 Å². The van der Waals surface area contributed by atoms with Gasteiger partial charge in [0.15, 0.2) is 6.29 Å². The number of carbonyl (C=O) groups is 1. The zero-order chi connectivity index (χ0) is 15.4. The molecular weight excluding hydrogens is 286 g/mol. The Morgan fingerprint density at radius 1 is 1.33 bits per heavy atom. The van der Waals surface area contributed by atoms with Crippen molar-refractivity contribution < 1.29 is 32.9 Å². The molecule has 0 saturated carbocycles. The van der Waals surface area contributed by atoms with Crippen LogP contribution in [-0.4, -0.2) is 37.5 Å². The van der Waals surface area contributed by atoms with Crippen LogP contribution in [0.1, 0.15) is 29.1 Å². The maximum atomic E-state index is 13.6. The van der Waals surface area contributed by atoms with Gasteiger partial charge < -0.3 is 19.3 Å². The number of benzene rings is 1. The summed E-state index contributed by atoms with van der Waals surface area (Å²) in [7, 11) is 0. The van der Waals surface area contributed by atoms with Crippen molar-refractivity contribution in [1.29, 1.82) is 0 Å². The van der Waals surface area contributed by atoms with Gasteiger partial charge in [-0.25, -0.2) is 13.6 Å². The fraction of sp³-hybridized carbons (Fsp3) is 0.500. The quantitative estimate of drug-likeness (QED) is 0.904. The molecule has 1 aliphatic heterocycles. The largest absolute Gasteiger partial charge is 0.477 e. The van der Waals surface area contributed by atoms with Crippen LogP contribution in [0.5, 0.6) is 0 Å². The first-order chi connectivity index (χ1) is 10.0. The summed E-state index contributed by atoms with van der Waals surface area (Å²) in [5.74, 6) is -3.89. The minimum absolute atomic E-state index is 0.0641. The van der Waals surface area contributed by atoms with Crippen LogP contribution in [0.4, 0.5) is 8.78 Å². The number of hydrogen-bond donors (Lipinski definition) is 1. The number of carboxylic acid groups (broad SMARTS) is 1. The van der Waals surface area contributed by atoms with Gasteiger partial charge in [-0.05, 0) is 19.1 Å². The lowest BCUT2D eigenvalue weighted by Gasteiger charge is -2.29. The molecule has 2 rings (SSSR count). The second-order valence-electron chi connectivity index (χ2n) is 4.69. The molecule has 1 aromatic rings. The first-order valence-corrected chi connectivity index (χ1v) is 6.56. The van der Waals surface area contributed by atoms with Crippen LogP contribution in [0.25, 0.3) is 0 Å². The monoisotopic (exact) mass is 302 g/mol. The minimum Gasteiger partial charge on any atom is -0.477 e. The molecule has 0 spiro atoms. The zero-order valence-corrected chi connectivity index (χ0v) is 11.5. The van der Waals surface area contributed by atoms with Gasteiger partial charge in [-0.3, -0.25) is 0 Å². The molecule has 1 N–H and O–H groups in total. The van der Waals surface area contributed by atoms with Crippen molar-refractivity contribution in [3.05, 3.63) is 34.9 Å². The highest BCUT2D eigenvalue weighted by Gasteiger charge is 2.26. The van der Waals surface area contributed by atoms with Gasteiger partial charge >= 0.3 is 5.97 Å². The van der Waals surface area contributed by atoms with E-state index < -0.39 is 29.5 Å². The second kappa shape index (κ2) is 6.93. The predicted molar refractivity (Wildman–Crippen MR) is 67.9 cm³/mol. The Labute approximate surface area is 120 Å². The van der Waals surface area contributed by atoms with E-state index in [1.54, 1.807) is 0 Å². The highest BCUT2D eigenvalue weighted by atomic mass is 19.1. The summed E-state index contributed by atoms with van der Waals surface area (Å²) in [6, 6.07) is 1.83. The third kappa shape index (κ3) is 3.75. The maximum absolute atomic E-state index is 13.6. The average Bonchev–Trinajstić information content (AvgIpc) is 2.44. The van der Waals surface area contributed by atoms with E-state index >= 15 is 0 Å². The van der Waals surface area contributed by atoms with Gasteiger partial charge in [-0.1, -0.05) is 0 Å². The molecule has 0 aliphatic carbocycles. The second-order valence-corrected chi connectivity index (χ2v) is 4.69. The molecule has 0 bridgehead atoms. The smallest absolute Gasteiger partial charge is 0.341 e. The van der Waals surface area contributed by atoms with Crippen LogP contribution >= 0.6 is 0 Å². The number of hydrogen-bond acceptors (Lipinski definition) is 4. The Balaban J connectivity index is 2.05. The number of carboxylic acids is 1. The lowest BCUT2D eigenvalue weighted by atomic mass is 10.1. The highest BCUT2D eigenvalue weighted by molar-refractivity contribution is 5.88. The number of ether oxygens (including phenoxy) is 3. The molecule has 21 heavy (non-hydrogen) atoms. The highest BCUT2D eigenvalue weighted by Crippen LogP contribution is 2.28. The van der Waals surface area contributed by atoms with E-state index in [9.17, 15) is 13.6 Å². The van der Waals surface area contributed by atoms with Crippen LogP contribution in [0.15, 0.2) is 12.1 Å². The summed E-state index contributed by atoms with van der Waals surface area (Å²) >= 11 is 0. The fourth-order valence-corrected chi connectivity index (χ4v) is 2.05. The van der Waals surface area contributed by atoms with Crippen LogP contribution in [0.3, 0.4) is 0 Å². The molecule has 0 unspecified atom stereocenters. The Morgan fingerprint density at radius 2 is 1.90 bits per heavy atom. The predicted octanol–water partition coefficient (Wildman–Crippen LogP) is 2.36. The summed E-state index contributed by atoms with van der Waals surface area (Å²) in [5.41, 5.74) is -0.867. The molecule has 1 aliphatic rings. The first kappa shape index (κ1) is 15.8. The summed E-state index contributed by atoms with van der Waals surface area (Å²) in [6.45, 7) is 3.64. The van der Waals surface area contributed by atoms with E-state index in [2.05, 4.69) is 0 Å². The van der Waals surface area contributed by atoms with Gasteiger partial charge in [-0.2, -0.15) is 0 Å². The molecule has 1 fully saturated rings. The summed E-state index contributed by atoms with van der Waals surface area (Å²) < 4.78 is 43.3. The van der Waals surface area contributed by atoms with Gasteiger partial charge in [0, 0.05) is 18.1 Å². The van der Waals surface area contributed by atoms with E-state index in [1.165, 1.54) is 0 Å². The Bertz CT molecular complexity index is 489. The van der Waals surface area contributed by atoms with E-state index in [0.29, 0.717) is 26.4 Å². The van der Waals surface area contributed by atoms with E-state index in [1.807, 2.05) is 6.92 Å². The van der Waals surface area contributed by atoms with Crippen LogP contribution in [0, 0.1) is 17.6 Å². The Kier molecular flexibility index (Phi) is 5.22. The fourth-order valence-electron chi connectivity index (χ4n) is 2.05. The van der Waals surface area contributed by atoms with Crippen LogP contribution in [0.2, 0.25) is 0 Å². The van der Waals surface area contributed by atoms with Crippen LogP contribution in [-0.2, 0) is 14.2 Å². The van der Waals surface area contributed by atoms with Gasteiger partial charge in [0.25, 0.3) is 0 Å². The summed E-state index contributed by atoms with van der Waals surface area (Å²) in [6.07, 6.45) is -0.908. The summed E-state index contributed by atoms with van der Waals surface area (Å²) in [5, 5.41) is 8.71. The molecular formula is C14H16F2O5. The minimum atomic E-state index is -1.65. The van der Waals surface area contributed by atoms with Gasteiger partial charge in [0.1, 0.15) is 17.2 Å². The SMILES string of the molecule is CCOCC1COC(c2cc(F)c(C(=O)O)c(F)c2)OC1. The molecule has 1 aromatic carbocycles. The average molecular weight is 302 g/mol. The molecule has 116 valence electrons. The molecule has 0 radical (unpaired) electrons. The van der Waals surface area contributed by atoms with Crippen molar-refractivity contribution in [2.24, 2.45) is 5.92 Å². The molecule has 7 heteroatoms. The molecule has 5 nitrogen and oxygen atoms in total. The summed E-state index contributed by atoms with van der Waals surface area (Å²) in [4.78, 5) is 10.7. The van der Waals surface area contributed by atoms with Crippen LogP contribution < -0.4 is 0 Å². The molecule has 1 saturated heterocycles. The third-order valence-corrected chi connectivity index (χ3v) is 3.07. The van der Waals surface area contributed by atoms with Crippen molar-refractivity contribution in [2.45, 2.75) is 13.2 Å². The Morgan fingerprint density at radius 3 is 2.38 bits per heavy atom. The number of halogens is 2. The third-order valence-electron chi connectivity index (χ3n) is 3.07. The zero-order valence-electron chi connectivity index (χ0n) is 11.5. The topological polar surface area (TPSA) is 65.0 Å².